The fraction of sp³-hybridized carbons (Fsp3) is 0.222. The van der Waals surface area contributed by atoms with Crippen molar-refractivity contribution in [1.82, 2.24) is 4.90 Å². The molecule has 0 saturated carbocycles. The number of hydrogen-bond acceptors (Lipinski definition) is 2. The van der Waals surface area contributed by atoms with Crippen LogP contribution in [0, 0.1) is 0 Å². The molecule has 0 N–H and O–H groups in total. The number of benzene rings is 2. The van der Waals surface area contributed by atoms with Crippen molar-refractivity contribution in [3.8, 4) is 5.75 Å². The number of rotatable bonds is 4. The van der Waals surface area contributed by atoms with Crippen molar-refractivity contribution in [3.63, 3.8) is 0 Å². The molecule has 2 nitrogen and oxygen atoms in total. The van der Waals surface area contributed by atoms with Crippen LogP contribution in [0.15, 0.2) is 72.8 Å². The highest BCUT2D eigenvalue weighted by atomic mass is 16.5. The van der Waals surface area contributed by atoms with Gasteiger partial charge in [-0.1, -0.05) is 54.6 Å². The first-order valence-corrected chi connectivity index (χ1v) is 7.05. The van der Waals surface area contributed by atoms with E-state index >= 15 is 0 Å². The summed E-state index contributed by atoms with van der Waals surface area (Å²) in [5, 5.41) is 0. The molecule has 1 aliphatic rings. The minimum Gasteiger partial charge on any atom is -0.485 e. The summed E-state index contributed by atoms with van der Waals surface area (Å²) in [6.45, 7) is 2.89. The number of para-hydroxylation sites is 1. The van der Waals surface area contributed by atoms with Crippen molar-refractivity contribution in [3.05, 3.63) is 78.4 Å². The van der Waals surface area contributed by atoms with E-state index in [1.807, 2.05) is 30.3 Å². The second kappa shape index (κ2) is 6.40. The van der Waals surface area contributed by atoms with Gasteiger partial charge >= 0.3 is 0 Å². The van der Waals surface area contributed by atoms with E-state index in [9.17, 15) is 0 Å². The van der Waals surface area contributed by atoms with E-state index in [1.54, 1.807) is 0 Å². The monoisotopic (exact) mass is 265 g/mol. The van der Waals surface area contributed by atoms with E-state index in [2.05, 4.69) is 47.4 Å². The average molecular weight is 265 g/mol. The fourth-order valence-corrected chi connectivity index (χ4v) is 2.47. The molecule has 102 valence electrons. The summed E-state index contributed by atoms with van der Waals surface area (Å²) < 4.78 is 5.99. The third kappa shape index (κ3) is 3.49. The maximum Gasteiger partial charge on any atom is 0.130 e. The Balaban J connectivity index is 1.59. The summed E-state index contributed by atoms with van der Waals surface area (Å²) in [5.74, 6) is 0.934. The van der Waals surface area contributed by atoms with Crippen LogP contribution in [-0.4, -0.2) is 24.1 Å². The molecular formula is C18H19NO. The molecule has 2 aromatic carbocycles. The molecule has 20 heavy (non-hydrogen) atoms. The lowest BCUT2D eigenvalue weighted by Gasteiger charge is -2.29. The molecule has 0 bridgehead atoms. The molecule has 0 radical (unpaired) electrons. The zero-order chi connectivity index (χ0) is 13.6. The largest absolute Gasteiger partial charge is 0.485 e. The Labute approximate surface area is 120 Å². The van der Waals surface area contributed by atoms with Gasteiger partial charge in [0.2, 0.25) is 0 Å². The highest BCUT2D eigenvalue weighted by molar-refractivity contribution is 5.22. The number of hydrogen-bond donors (Lipinski definition) is 0. The first kappa shape index (κ1) is 12.9. The summed E-state index contributed by atoms with van der Waals surface area (Å²) in [6.07, 6.45) is 4.49. The predicted molar refractivity (Wildman–Crippen MR) is 81.7 cm³/mol. The first-order valence-electron chi connectivity index (χ1n) is 7.05. The topological polar surface area (TPSA) is 12.5 Å². The molecule has 0 unspecified atom stereocenters. The Morgan fingerprint density at radius 3 is 2.40 bits per heavy atom. The van der Waals surface area contributed by atoms with E-state index < -0.39 is 0 Å². The molecule has 0 aromatic heterocycles. The number of nitrogens with zero attached hydrogens (tertiary/aromatic N) is 1. The van der Waals surface area contributed by atoms with E-state index in [0.29, 0.717) is 0 Å². The minimum atomic E-state index is 0.134. The molecular weight excluding hydrogens is 246 g/mol. The van der Waals surface area contributed by atoms with Gasteiger partial charge in [0, 0.05) is 19.6 Å². The molecule has 0 spiro atoms. The van der Waals surface area contributed by atoms with Crippen LogP contribution in [0.5, 0.6) is 5.75 Å². The Morgan fingerprint density at radius 1 is 0.950 bits per heavy atom. The lowest BCUT2D eigenvalue weighted by atomic mass is 10.1. The molecule has 0 saturated heterocycles. The normalized spacial score (nSPS) is 18.9. The third-order valence-electron chi connectivity index (χ3n) is 3.43. The molecule has 0 fully saturated rings. The molecule has 2 heteroatoms. The standard InChI is InChI=1S/C18H19NO/c1-3-8-16(9-4-1)14-19-13-7-12-18(15-19)20-17-10-5-2-6-11-17/h1-12,18H,13-15H2/t18-/m0/s1. The lowest BCUT2D eigenvalue weighted by molar-refractivity contribution is 0.158. The van der Waals surface area contributed by atoms with Gasteiger partial charge in [0.1, 0.15) is 11.9 Å². The zero-order valence-electron chi connectivity index (χ0n) is 11.5. The van der Waals surface area contributed by atoms with Gasteiger partial charge in [-0.25, -0.2) is 0 Å². The molecule has 0 aliphatic carbocycles. The van der Waals surface area contributed by atoms with E-state index in [1.165, 1.54) is 5.56 Å². The van der Waals surface area contributed by atoms with Gasteiger partial charge in [-0.3, -0.25) is 4.90 Å². The second-order valence-corrected chi connectivity index (χ2v) is 5.08. The van der Waals surface area contributed by atoms with Crippen LogP contribution in [0.1, 0.15) is 5.56 Å². The van der Waals surface area contributed by atoms with Crippen LogP contribution in [0.4, 0.5) is 0 Å². The molecule has 1 aliphatic heterocycles. The van der Waals surface area contributed by atoms with Crippen molar-refractivity contribution in [1.29, 1.82) is 0 Å². The van der Waals surface area contributed by atoms with Gasteiger partial charge < -0.3 is 4.74 Å². The van der Waals surface area contributed by atoms with E-state index in [0.717, 1.165) is 25.4 Å². The Kier molecular flexibility index (Phi) is 4.14. The predicted octanol–water partition coefficient (Wildman–Crippen LogP) is 3.51. The van der Waals surface area contributed by atoms with Crippen molar-refractivity contribution in [2.24, 2.45) is 0 Å². The van der Waals surface area contributed by atoms with Crippen LogP contribution >= 0.6 is 0 Å². The molecule has 1 heterocycles. The van der Waals surface area contributed by atoms with Gasteiger partial charge in [0.05, 0.1) is 0 Å². The van der Waals surface area contributed by atoms with Crippen molar-refractivity contribution in [2.75, 3.05) is 13.1 Å². The second-order valence-electron chi connectivity index (χ2n) is 5.08. The molecule has 3 rings (SSSR count). The van der Waals surface area contributed by atoms with E-state index in [4.69, 9.17) is 4.74 Å². The van der Waals surface area contributed by atoms with E-state index in [-0.39, 0.29) is 6.10 Å². The summed E-state index contributed by atoms with van der Waals surface area (Å²) in [4.78, 5) is 2.41. The molecule has 1 atom stereocenters. The van der Waals surface area contributed by atoms with Crippen molar-refractivity contribution >= 4 is 0 Å². The summed E-state index contributed by atoms with van der Waals surface area (Å²) >= 11 is 0. The molecule has 2 aromatic rings. The van der Waals surface area contributed by atoms with Gasteiger partial charge in [-0.2, -0.15) is 0 Å². The summed E-state index contributed by atoms with van der Waals surface area (Å²) in [7, 11) is 0. The van der Waals surface area contributed by atoms with Crippen LogP contribution in [0.2, 0.25) is 0 Å². The smallest absolute Gasteiger partial charge is 0.130 e. The van der Waals surface area contributed by atoms with Crippen LogP contribution in [0.25, 0.3) is 0 Å². The average Bonchev–Trinajstić information content (AvgIpc) is 2.50. The highest BCUT2D eigenvalue weighted by Crippen LogP contribution is 2.15. The quantitative estimate of drug-likeness (QED) is 0.784. The van der Waals surface area contributed by atoms with Gasteiger partial charge in [0.25, 0.3) is 0 Å². The summed E-state index contributed by atoms with van der Waals surface area (Å²) in [5.41, 5.74) is 1.35. The summed E-state index contributed by atoms with van der Waals surface area (Å²) in [6, 6.07) is 20.6. The zero-order valence-corrected chi connectivity index (χ0v) is 11.5. The number of ether oxygens (including phenoxy) is 1. The van der Waals surface area contributed by atoms with Gasteiger partial charge in [-0.05, 0) is 23.8 Å². The maximum atomic E-state index is 5.99. The van der Waals surface area contributed by atoms with Crippen molar-refractivity contribution in [2.45, 2.75) is 12.6 Å². The Hall–Kier alpha value is -2.06. The first-order chi connectivity index (χ1) is 9.90. The van der Waals surface area contributed by atoms with Crippen LogP contribution in [0.3, 0.4) is 0 Å². The van der Waals surface area contributed by atoms with Gasteiger partial charge in [-0.15, -0.1) is 0 Å². The Morgan fingerprint density at radius 2 is 1.65 bits per heavy atom. The highest BCUT2D eigenvalue weighted by Gasteiger charge is 2.16. The SMILES string of the molecule is C1=C[C@H](Oc2ccccc2)CN(Cc2ccccc2)C1. The Bertz CT molecular complexity index is 550. The van der Waals surface area contributed by atoms with Crippen LogP contribution in [-0.2, 0) is 6.54 Å². The fourth-order valence-electron chi connectivity index (χ4n) is 2.47. The van der Waals surface area contributed by atoms with Crippen molar-refractivity contribution < 1.29 is 4.74 Å². The third-order valence-corrected chi connectivity index (χ3v) is 3.43. The molecule has 0 amide bonds. The lowest BCUT2D eigenvalue weighted by Crippen LogP contribution is -2.37. The van der Waals surface area contributed by atoms with Gasteiger partial charge in [0.15, 0.2) is 0 Å². The maximum absolute atomic E-state index is 5.99. The van der Waals surface area contributed by atoms with Crippen LogP contribution < -0.4 is 4.74 Å². The minimum absolute atomic E-state index is 0.134.